The van der Waals surface area contributed by atoms with E-state index in [1.165, 1.54) is 0 Å². The number of aromatic nitrogens is 1. The zero-order chi connectivity index (χ0) is 23.2. The van der Waals surface area contributed by atoms with Gasteiger partial charge in [0.1, 0.15) is 11.4 Å². The Labute approximate surface area is 205 Å². The number of rotatable bonds is 3. The highest BCUT2D eigenvalue weighted by atomic mass is 35.5. The third kappa shape index (κ3) is 4.21. The Kier molecular flexibility index (Phi) is 5.79. The number of ether oxygens (including phenoxy) is 2. The standard InChI is InChI=1S/C27H30ClN3O3/c28-23-17-21(6-9-26(32)18-30-11-7-22(26)8-12-30)24(16-20-4-2-1-3-5-20)29-25(23)31-13-10-27(19-31)33-14-15-34-27/h1-5,17,22,32H,7-8,10-16,18-19H2/t26-/m1/s1. The maximum Gasteiger partial charge on any atom is 0.187 e. The van der Waals surface area contributed by atoms with Crippen LogP contribution < -0.4 is 4.90 Å². The third-order valence-electron chi connectivity index (χ3n) is 7.70. The van der Waals surface area contributed by atoms with Crippen LogP contribution in [-0.2, 0) is 15.9 Å². The maximum absolute atomic E-state index is 11.3. The number of fused-ring (bicyclic) bond motifs is 3. The van der Waals surface area contributed by atoms with Crippen LogP contribution in [0, 0.1) is 17.8 Å². The molecule has 1 N–H and O–H groups in total. The molecule has 6 nitrogen and oxygen atoms in total. The lowest BCUT2D eigenvalue weighted by atomic mass is 9.75. The van der Waals surface area contributed by atoms with Crippen molar-refractivity contribution in [3.8, 4) is 11.8 Å². The predicted octanol–water partition coefficient (Wildman–Crippen LogP) is 3.09. The number of halogens is 1. The highest BCUT2D eigenvalue weighted by Crippen LogP contribution is 2.37. The Balaban J connectivity index is 1.34. The summed E-state index contributed by atoms with van der Waals surface area (Å²) in [4.78, 5) is 9.49. The summed E-state index contributed by atoms with van der Waals surface area (Å²) in [6, 6.07) is 12.2. The molecule has 1 aromatic heterocycles. The summed E-state index contributed by atoms with van der Waals surface area (Å²) in [5.41, 5.74) is 1.85. The molecule has 6 heterocycles. The van der Waals surface area contributed by atoms with Crippen LogP contribution >= 0.6 is 11.6 Å². The summed E-state index contributed by atoms with van der Waals surface area (Å²) >= 11 is 6.77. The molecule has 5 fully saturated rings. The van der Waals surface area contributed by atoms with Crippen molar-refractivity contribution in [3.63, 3.8) is 0 Å². The molecule has 178 valence electrons. The van der Waals surface area contributed by atoms with Gasteiger partial charge in [-0.3, -0.25) is 4.90 Å². The molecule has 0 aliphatic carbocycles. The van der Waals surface area contributed by atoms with Gasteiger partial charge >= 0.3 is 0 Å². The molecule has 0 unspecified atom stereocenters. The Bertz CT molecular complexity index is 1120. The fourth-order valence-electron chi connectivity index (χ4n) is 5.79. The van der Waals surface area contributed by atoms with E-state index >= 15 is 0 Å². The Hall–Kier alpha value is -2.14. The smallest absolute Gasteiger partial charge is 0.187 e. The second kappa shape index (κ2) is 8.82. The number of benzene rings is 1. The van der Waals surface area contributed by atoms with E-state index in [2.05, 4.69) is 33.8 Å². The zero-order valence-electron chi connectivity index (χ0n) is 19.3. The summed E-state index contributed by atoms with van der Waals surface area (Å²) in [7, 11) is 0. The van der Waals surface area contributed by atoms with Gasteiger partial charge in [-0.2, -0.15) is 0 Å². The van der Waals surface area contributed by atoms with Crippen molar-refractivity contribution in [1.29, 1.82) is 0 Å². The van der Waals surface area contributed by atoms with Crippen molar-refractivity contribution < 1.29 is 14.6 Å². The maximum atomic E-state index is 11.3. The highest BCUT2D eigenvalue weighted by Gasteiger charge is 2.45. The minimum atomic E-state index is -0.968. The molecule has 5 saturated heterocycles. The van der Waals surface area contributed by atoms with E-state index in [1.54, 1.807) is 0 Å². The van der Waals surface area contributed by atoms with Gasteiger partial charge in [-0.25, -0.2) is 4.98 Å². The number of hydrogen-bond donors (Lipinski definition) is 1. The average molecular weight is 480 g/mol. The molecule has 5 aliphatic rings. The van der Waals surface area contributed by atoms with Crippen LogP contribution in [0.15, 0.2) is 36.4 Å². The number of nitrogens with zero attached hydrogens (tertiary/aromatic N) is 3. The molecule has 1 spiro atoms. The molecular weight excluding hydrogens is 450 g/mol. The molecule has 0 saturated carbocycles. The minimum absolute atomic E-state index is 0.234. The van der Waals surface area contributed by atoms with E-state index in [0.29, 0.717) is 37.7 Å². The summed E-state index contributed by atoms with van der Waals surface area (Å²) in [5, 5.41) is 11.9. The van der Waals surface area contributed by atoms with E-state index in [1.807, 2.05) is 24.3 Å². The van der Waals surface area contributed by atoms with Crippen molar-refractivity contribution in [3.05, 3.63) is 58.2 Å². The van der Waals surface area contributed by atoms with Crippen LogP contribution in [0.1, 0.15) is 36.1 Å². The largest absolute Gasteiger partial charge is 0.376 e. The molecule has 2 aromatic rings. The van der Waals surface area contributed by atoms with Crippen molar-refractivity contribution in [2.24, 2.45) is 5.92 Å². The van der Waals surface area contributed by atoms with Gasteiger partial charge < -0.3 is 19.5 Å². The van der Waals surface area contributed by atoms with Crippen molar-refractivity contribution in [2.75, 3.05) is 50.8 Å². The topological polar surface area (TPSA) is 58.1 Å². The van der Waals surface area contributed by atoms with Gasteiger partial charge in [0.2, 0.25) is 0 Å². The van der Waals surface area contributed by atoms with Crippen LogP contribution in [0.5, 0.6) is 0 Å². The molecule has 7 rings (SSSR count). The lowest BCUT2D eigenvalue weighted by Gasteiger charge is -2.47. The summed E-state index contributed by atoms with van der Waals surface area (Å²) < 4.78 is 11.8. The molecule has 1 aromatic carbocycles. The summed E-state index contributed by atoms with van der Waals surface area (Å²) in [6.45, 7) is 5.39. The molecule has 2 bridgehead atoms. The second-order valence-electron chi connectivity index (χ2n) is 9.95. The fraction of sp³-hybridized carbons (Fsp3) is 0.519. The van der Waals surface area contributed by atoms with Gasteiger partial charge in [-0.05, 0) is 37.6 Å². The Morgan fingerprint density at radius 2 is 1.85 bits per heavy atom. The van der Waals surface area contributed by atoms with E-state index in [0.717, 1.165) is 61.5 Å². The van der Waals surface area contributed by atoms with Gasteiger partial charge in [-0.1, -0.05) is 53.8 Å². The van der Waals surface area contributed by atoms with Crippen molar-refractivity contribution in [2.45, 2.75) is 37.1 Å². The number of anilines is 1. The molecule has 34 heavy (non-hydrogen) atoms. The molecule has 0 amide bonds. The molecule has 0 radical (unpaired) electrons. The lowest BCUT2D eigenvalue weighted by Crippen LogP contribution is -2.58. The zero-order valence-corrected chi connectivity index (χ0v) is 20.1. The van der Waals surface area contributed by atoms with Crippen LogP contribution in [0.3, 0.4) is 0 Å². The van der Waals surface area contributed by atoms with Gasteiger partial charge in [0, 0.05) is 37.4 Å². The first-order chi connectivity index (χ1) is 16.5. The first kappa shape index (κ1) is 22.3. The molecular formula is C27H30ClN3O3. The minimum Gasteiger partial charge on any atom is -0.376 e. The van der Waals surface area contributed by atoms with E-state index in [4.69, 9.17) is 26.1 Å². The lowest BCUT2D eigenvalue weighted by molar-refractivity contribution is -0.137. The normalized spacial score (nSPS) is 29.4. The molecule has 1 atom stereocenters. The molecule has 7 heteroatoms. The molecule has 5 aliphatic heterocycles. The van der Waals surface area contributed by atoms with E-state index in [9.17, 15) is 5.11 Å². The number of pyridine rings is 1. The van der Waals surface area contributed by atoms with Crippen LogP contribution in [0.2, 0.25) is 5.02 Å². The summed E-state index contributed by atoms with van der Waals surface area (Å²) in [5.74, 6) is 6.97. The first-order valence-corrected chi connectivity index (χ1v) is 12.6. The van der Waals surface area contributed by atoms with Gasteiger partial charge in [-0.15, -0.1) is 0 Å². The fourth-order valence-corrected chi connectivity index (χ4v) is 6.06. The quantitative estimate of drug-likeness (QED) is 0.683. The first-order valence-electron chi connectivity index (χ1n) is 12.3. The van der Waals surface area contributed by atoms with Gasteiger partial charge in [0.25, 0.3) is 0 Å². The second-order valence-corrected chi connectivity index (χ2v) is 10.4. The van der Waals surface area contributed by atoms with Gasteiger partial charge in [0.05, 0.1) is 30.5 Å². The average Bonchev–Trinajstić information content (AvgIpc) is 3.50. The Morgan fingerprint density at radius 3 is 2.56 bits per heavy atom. The van der Waals surface area contributed by atoms with Crippen LogP contribution in [0.25, 0.3) is 0 Å². The third-order valence-corrected chi connectivity index (χ3v) is 7.98. The van der Waals surface area contributed by atoms with E-state index in [-0.39, 0.29) is 5.92 Å². The number of aliphatic hydroxyl groups is 1. The van der Waals surface area contributed by atoms with Crippen LogP contribution in [-0.4, -0.2) is 72.3 Å². The van der Waals surface area contributed by atoms with Crippen LogP contribution in [0.4, 0.5) is 5.82 Å². The van der Waals surface area contributed by atoms with Crippen molar-refractivity contribution >= 4 is 17.4 Å². The Morgan fingerprint density at radius 1 is 1.09 bits per heavy atom. The number of hydrogen-bond acceptors (Lipinski definition) is 6. The van der Waals surface area contributed by atoms with Crippen molar-refractivity contribution in [1.82, 2.24) is 9.88 Å². The highest BCUT2D eigenvalue weighted by molar-refractivity contribution is 6.33. The predicted molar refractivity (Wildman–Crippen MR) is 131 cm³/mol. The summed E-state index contributed by atoms with van der Waals surface area (Å²) in [6.07, 6.45) is 3.45. The van der Waals surface area contributed by atoms with Gasteiger partial charge in [0.15, 0.2) is 5.79 Å². The van der Waals surface area contributed by atoms with E-state index < -0.39 is 11.4 Å². The number of piperidine rings is 3. The monoisotopic (exact) mass is 479 g/mol. The SMILES string of the molecule is O[C@]1(C#Cc2cc(Cl)c(N3CCC4(C3)OCCO4)nc2Cc2ccccc2)CN2CCC1CC2.